The number of hydrogen-bond donors (Lipinski definition) is 2. The summed E-state index contributed by atoms with van der Waals surface area (Å²) in [6, 6.07) is 21.6. The first-order chi connectivity index (χ1) is 13.0. The third kappa shape index (κ3) is 4.70. The van der Waals surface area contributed by atoms with Crippen LogP contribution in [0.15, 0.2) is 78.9 Å². The number of benzene rings is 3. The Bertz CT molecular complexity index is 861. The normalized spacial score (nSPS) is 11.9. The Morgan fingerprint density at radius 1 is 0.741 bits per heavy atom. The number of rotatable bonds is 5. The van der Waals surface area contributed by atoms with Crippen LogP contribution in [0.25, 0.3) is 0 Å². The van der Waals surface area contributed by atoms with Crippen LogP contribution in [-0.4, -0.2) is 6.03 Å². The lowest BCUT2D eigenvalue weighted by Crippen LogP contribution is -2.39. The van der Waals surface area contributed by atoms with Crippen molar-refractivity contribution in [3.05, 3.63) is 107 Å². The molecule has 1 atom stereocenters. The smallest absolute Gasteiger partial charge is 0.316 e. The average molecular weight is 366 g/mol. The highest BCUT2D eigenvalue weighted by molar-refractivity contribution is 5.75. The summed E-state index contributed by atoms with van der Waals surface area (Å²) in [6.07, 6.45) is 0. The SMILES string of the molecule is CC(NC(=O)NC(c1ccccc1)c1ccccc1)c1ccc(F)c(F)c1. The van der Waals surface area contributed by atoms with Gasteiger partial charge in [0.1, 0.15) is 0 Å². The highest BCUT2D eigenvalue weighted by Crippen LogP contribution is 2.22. The number of carbonyl (C=O) groups is 1. The highest BCUT2D eigenvalue weighted by Gasteiger charge is 2.18. The predicted octanol–water partition coefficient (Wildman–Crippen LogP) is 5.11. The van der Waals surface area contributed by atoms with Gasteiger partial charge in [0.05, 0.1) is 12.1 Å². The van der Waals surface area contributed by atoms with Gasteiger partial charge in [-0.3, -0.25) is 0 Å². The molecule has 0 aliphatic carbocycles. The highest BCUT2D eigenvalue weighted by atomic mass is 19.2. The topological polar surface area (TPSA) is 41.1 Å². The number of halogens is 2. The maximum Gasteiger partial charge on any atom is 0.316 e. The van der Waals surface area contributed by atoms with Crippen LogP contribution in [0.1, 0.15) is 35.7 Å². The average Bonchev–Trinajstić information content (AvgIpc) is 2.69. The van der Waals surface area contributed by atoms with Gasteiger partial charge in [-0.15, -0.1) is 0 Å². The van der Waals surface area contributed by atoms with Crippen molar-refractivity contribution in [1.82, 2.24) is 10.6 Å². The van der Waals surface area contributed by atoms with Crippen LogP contribution in [-0.2, 0) is 0 Å². The van der Waals surface area contributed by atoms with Crippen molar-refractivity contribution >= 4 is 6.03 Å². The van der Waals surface area contributed by atoms with Gasteiger partial charge in [0.25, 0.3) is 0 Å². The van der Waals surface area contributed by atoms with Gasteiger partial charge in [-0.25, -0.2) is 13.6 Å². The molecule has 3 rings (SSSR count). The minimum Gasteiger partial charge on any atom is -0.332 e. The molecule has 2 amide bonds. The van der Waals surface area contributed by atoms with Gasteiger partial charge in [0, 0.05) is 0 Å². The standard InChI is InChI=1S/C22H20F2N2O/c1-15(18-12-13-19(23)20(24)14-18)25-22(27)26-21(16-8-4-2-5-9-16)17-10-6-3-7-11-17/h2-15,21H,1H3,(H2,25,26,27). The first kappa shape index (κ1) is 18.6. The number of nitrogens with one attached hydrogen (secondary N) is 2. The maximum absolute atomic E-state index is 13.4. The molecule has 0 aliphatic heterocycles. The number of hydrogen-bond acceptors (Lipinski definition) is 1. The first-order valence-electron chi connectivity index (χ1n) is 8.66. The van der Waals surface area contributed by atoms with Crippen LogP contribution in [0.2, 0.25) is 0 Å². The summed E-state index contributed by atoms with van der Waals surface area (Å²) in [7, 11) is 0. The Hall–Kier alpha value is -3.21. The van der Waals surface area contributed by atoms with Gasteiger partial charge < -0.3 is 10.6 Å². The minimum atomic E-state index is -0.937. The van der Waals surface area contributed by atoms with E-state index in [9.17, 15) is 13.6 Å². The zero-order valence-electron chi connectivity index (χ0n) is 14.8. The second kappa shape index (κ2) is 8.45. The van der Waals surface area contributed by atoms with Gasteiger partial charge in [-0.2, -0.15) is 0 Å². The van der Waals surface area contributed by atoms with E-state index in [4.69, 9.17) is 0 Å². The molecule has 0 aliphatic rings. The van der Waals surface area contributed by atoms with Crippen molar-refractivity contribution in [1.29, 1.82) is 0 Å². The molecule has 0 fully saturated rings. The van der Waals surface area contributed by atoms with Gasteiger partial charge in [0.2, 0.25) is 0 Å². The van der Waals surface area contributed by atoms with E-state index in [1.54, 1.807) is 6.92 Å². The van der Waals surface area contributed by atoms with Crippen molar-refractivity contribution < 1.29 is 13.6 Å². The quantitative estimate of drug-likeness (QED) is 0.647. The molecule has 2 N–H and O–H groups in total. The Morgan fingerprint density at radius 3 is 1.81 bits per heavy atom. The van der Waals surface area contributed by atoms with Crippen molar-refractivity contribution in [2.24, 2.45) is 0 Å². The van der Waals surface area contributed by atoms with E-state index in [2.05, 4.69) is 10.6 Å². The Morgan fingerprint density at radius 2 is 1.30 bits per heavy atom. The van der Waals surface area contributed by atoms with Crippen LogP contribution >= 0.6 is 0 Å². The fraction of sp³-hybridized carbons (Fsp3) is 0.136. The second-order valence-electron chi connectivity index (χ2n) is 6.27. The summed E-state index contributed by atoms with van der Waals surface area (Å²) in [5.41, 5.74) is 2.37. The number of carbonyl (C=O) groups excluding carboxylic acids is 1. The van der Waals surface area contributed by atoms with Crippen LogP contribution in [0.4, 0.5) is 13.6 Å². The first-order valence-corrected chi connectivity index (χ1v) is 8.66. The molecule has 0 saturated heterocycles. The van der Waals surface area contributed by atoms with Crippen molar-refractivity contribution in [3.63, 3.8) is 0 Å². The molecule has 3 aromatic carbocycles. The molecule has 0 aromatic heterocycles. The van der Waals surface area contributed by atoms with E-state index in [1.165, 1.54) is 6.07 Å². The zero-order chi connectivity index (χ0) is 19.2. The molecule has 0 bridgehead atoms. The largest absolute Gasteiger partial charge is 0.332 e. The maximum atomic E-state index is 13.4. The lowest BCUT2D eigenvalue weighted by molar-refractivity contribution is 0.235. The Kier molecular flexibility index (Phi) is 5.81. The molecule has 0 saturated carbocycles. The van der Waals surface area contributed by atoms with Gasteiger partial charge >= 0.3 is 6.03 Å². The van der Waals surface area contributed by atoms with Crippen LogP contribution < -0.4 is 10.6 Å². The molecular weight excluding hydrogens is 346 g/mol. The molecule has 0 radical (unpaired) electrons. The van der Waals surface area contributed by atoms with Crippen molar-refractivity contribution in [2.75, 3.05) is 0 Å². The molecule has 0 spiro atoms. The van der Waals surface area contributed by atoms with E-state index < -0.39 is 23.7 Å². The van der Waals surface area contributed by atoms with Gasteiger partial charge in [-0.1, -0.05) is 66.7 Å². The summed E-state index contributed by atoms with van der Waals surface area (Å²) in [4.78, 5) is 12.5. The van der Waals surface area contributed by atoms with E-state index in [0.29, 0.717) is 5.56 Å². The minimum absolute atomic E-state index is 0.329. The molecule has 5 heteroatoms. The fourth-order valence-corrected chi connectivity index (χ4v) is 2.88. The summed E-state index contributed by atoms with van der Waals surface area (Å²) in [5, 5.41) is 5.73. The monoisotopic (exact) mass is 366 g/mol. The summed E-state index contributed by atoms with van der Waals surface area (Å²) in [6.45, 7) is 1.71. The molecule has 3 aromatic rings. The van der Waals surface area contributed by atoms with Crippen molar-refractivity contribution in [3.8, 4) is 0 Å². The van der Waals surface area contributed by atoms with Crippen LogP contribution in [0, 0.1) is 11.6 Å². The van der Waals surface area contributed by atoms with E-state index >= 15 is 0 Å². The van der Waals surface area contributed by atoms with Crippen LogP contribution in [0.5, 0.6) is 0 Å². The zero-order valence-corrected chi connectivity index (χ0v) is 14.8. The van der Waals surface area contributed by atoms with E-state index in [-0.39, 0.29) is 6.04 Å². The van der Waals surface area contributed by atoms with E-state index in [0.717, 1.165) is 23.3 Å². The Labute approximate surface area is 157 Å². The third-order valence-corrected chi connectivity index (χ3v) is 4.33. The molecule has 3 nitrogen and oxygen atoms in total. The van der Waals surface area contributed by atoms with Gasteiger partial charge in [0.15, 0.2) is 11.6 Å². The summed E-state index contributed by atoms with van der Waals surface area (Å²) in [5.74, 6) is -1.85. The lowest BCUT2D eigenvalue weighted by Gasteiger charge is -2.22. The Balaban J connectivity index is 1.75. The second-order valence-corrected chi connectivity index (χ2v) is 6.27. The molecule has 138 valence electrons. The van der Waals surface area contributed by atoms with E-state index in [1.807, 2.05) is 60.7 Å². The van der Waals surface area contributed by atoms with Gasteiger partial charge in [-0.05, 0) is 35.7 Å². The fourth-order valence-electron chi connectivity index (χ4n) is 2.88. The summed E-state index contributed by atoms with van der Waals surface area (Å²) >= 11 is 0. The number of urea groups is 1. The third-order valence-electron chi connectivity index (χ3n) is 4.33. The van der Waals surface area contributed by atoms with Crippen LogP contribution in [0.3, 0.4) is 0 Å². The molecule has 27 heavy (non-hydrogen) atoms. The van der Waals surface area contributed by atoms with Crippen molar-refractivity contribution in [2.45, 2.75) is 19.0 Å². The molecule has 0 heterocycles. The number of amides is 2. The summed E-state index contributed by atoms with van der Waals surface area (Å²) < 4.78 is 26.5. The lowest BCUT2D eigenvalue weighted by atomic mass is 9.99. The predicted molar refractivity (Wildman–Crippen MR) is 101 cm³/mol. The molecule has 1 unspecified atom stereocenters. The molecular formula is C22H20F2N2O.